The maximum absolute atomic E-state index is 12.4. The zero-order valence-corrected chi connectivity index (χ0v) is 7.15. The van der Waals surface area contributed by atoms with E-state index in [1.165, 1.54) is 6.07 Å². The van der Waals surface area contributed by atoms with Gasteiger partial charge in [-0.05, 0) is 6.07 Å². The molecule has 0 aromatic carbocycles. The van der Waals surface area contributed by atoms with E-state index in [-0.39, 0.29) is 5.82 Å². The Morgan fingerprint density at radius 1 is 1.67 bits per heavy atom. The van der Waals surface area contributed by atoms with E-state index in [1.807, 2.05) is 0 Å². The number of nitriles is 1. The van der Waals surface area contributed by atoms with Crippen molar-refractivity contribution in [3.63, 3.8) is 0 Å². The summed E-state index contributed by atoms with van der Waals surface area (Å²) in [5.74, 6) is -0.354. The Labute approximate surface area is 82.1 Å². The first-order chi connectivity index (χ1) is 6.97. The van der Waals surface area contributed by atoms with Crippen LogP contribution in [0.25, 0.3) is 0 Å². The molecule has 15 heavy (non-hydrogen) atoms. The van der Waals surface area contributed by atoms with Gasteiger partial charge in [0, 0.05) is 0 Å². The molecule has 0 fully saturated rings. The van der Waals surface area contributed by atoms with Gasteiger partial charge in [-0.3, -0.25) is 10.1 Å². The van der Waals surface area contributed by atoms with Gasteiger partial charge in [-0.1, -0.05) is 0 Å². The third-order valence-corrected chi connectivity index (χ3v) is 1.57. The fourth-order valence-corrected chi connectivity index (χ4v) is 1.01. The maximum Gasteiger partial charge on any atom is 0.314 e. The summed E-state index contributed by atoms with van der Waals surface area (Å²) in [5, 5.41) is 18.9. The summed E-state index contributed by atoms with van der Waals surface area (Å²) in [6, 6.07) is 2.03. The molecule has 0 saturated carbocycles. The van der Waals surface area contributed by atoms with Gasteiger partial charge in [-0.2, -0.15) is 5.26 Å². The number of nitro groups is 1. The van der Waals surface area contributed by atoms with Crippen molar-refractivity contribution in [1.29, 1.82) is 5.26 Å². The smallest absolute Gasteiger partial charge is 0.314 e. The molecule has 0 bridgehead atoms. The monoisotopic (exact) mass is 214 g/mol. The molecule has 8 heteroatoms. The van der Waals surface area contributed by atoms with Crippen LogP contribution in [0.5, 0.6) is 0 Å². The molecule has 1 aromatic heterocycles. The number of hydrogen-bond donors (Lipinski definition) is 1. The van der Waals surface area contributed by atoms with Gasteiger partial charge in [0.1, 0.15) is 17.5 Å². The number of hydrogen-bond acceptors (Lipinski definition) is 5. The number of halogens is 2. The van der Waals surface area contributed by atoms with Crippen molar-refractivity contribution in [2.75, 3.05) is 5.73 Å². The minimum absolute atomic E-state index is 0.354. The van der Waals surface area contributed by atoms with Crippen LogP contribution < -0.4 is 5.73 Å². The van der Waals surface area contributed by atoms with E-state index in [0.717, 1.165) is 0 Å². The van der Waals surface area contributed by atoms with Crippen LogP contribution in [0.1, 0.15) is 17.7 Å². The summed E-state index contributed by atoms with van der Waals surface area (Å²) in [6.07, 6.45) is -3.08. The highest BCUT2D eigenvalue weighted by atomic mass is 19.3. The van der Waals surface area contributed by atoms with E-state index in [2.05, 4.69) is 4.98 Å². The van der Waals surface area contributed by atoms with Gasteiger partial charge in [0.05, 0.1) is 4.92 Å². The third kappa shape index (κ3) is 1.96. The lowest BCUT2D eigenvalue weighted by atomic mass is 10.2. The van der Waals surface area contributed by atoms with Crippen molar-refractivity contribution in [2.45, 2.75) is 6.43 Å². The Hall–Kier alpha value is -2.30. The lowest BCUT2D eigenvalue weighted by Gasteiger charge is -2.03. The van der Waals surface area contributed by atoms with Gasteiger partial charge < -0.3 is 5.73 Å². The zero-order valence-electron chi connectivity index (χ0n) is 7.15. The Balaban J connectivity index is 3.56. The molecule has 0 saturated heterocycles. The minimum atomic E-state index is -3.08. The Morgan fingerprint density at radius 2 is 2.27 bits per heavy atom. The predicted molar refractivity (Wildman–Crippen MR) is 45.0 cm³/mol. The molecule has 1 rings (SSSR count). The number of anilines is 1. The summed E-state index contributed by atoms with van der Waals surface area (Å²) in [4.78, 5) is 12.7. The van der Waals surface area contributed by atoms with Crippen LogP contribution in [0.15, 0.2) is 6.07 Å². The van der Waals surface area contributed by atoms with Crippen LogP contribution in [0, 0.1) is 21.4 Å². The van der Waals surface area contributed by atoms with Crippen LogP contribution in [-0.2, 0) is 0 Å². The van der Waals surface area contributed by atoms with Crippen LogP contribution in [0.4, 0.5) is 20.3 Å². The normalized spacial score (nSPS) is 10.0. The van der Waals surface area contributed by atoms with Crippen molar-refractivity contribution >= 4 is 11.5 Å². The van der Waals surface area contributed by atoms with Crippen molar-refractivity contribution in [1.82, 2.24) is 4.98 Å². The molecule has 0 amide bonds. The third-order valence-electron chi connectivity index (χ3n) is 1.57. The molecule has 2 N–H and O–H groups in total. The molecule has 0 aliphatic carbocycles. The SMILES string of the molecule is N#Cc1nc(N)cc(C(F)F)c1[N+](=O)[O-]. The number of nitrogen functional groups attached to an aromatic ring is 1. The van der Waals surface area contributed by atoms with Gasteiger partial charge in [0.2, 0.25) is 5.69 Å². The molecule has 0 radical (unpaired) electrons. The predicted octanol–water partition coefficient (Wildman–Crippen LogP) is 1.38. The van der Waals surface area contributed by atoms with Crippen LogP contribution in [0.3, 0.4) is 0 Å². The fourth-order valence-electron chi connectivity index (χ4n) is 1.01. The molecule has 0 aliphatic heterocycles. The first-order valence-electron chi connectivity index (χ1n) is 3.60. The van der Waals surface area contributed by atoms with Gasteiger partial charge in [0.15, 0.2) is 0 Å². The van der Waals surface area contributed by atoms with E-state index in [9.17, 15) is 18.9 Å². The van der Waals surface area contributed by atoms with Crippen LogP contribution >= 0.6 is 0 Å². The Bertz CT molecular complexity index is 455. The zero-order chi connectivity index (χ0) is 11.6. The molecule has 78 valence electrons. The number of rotatable bonds is 2. The number of nitrogens with two attached hydrogens (primary N) is 1. The molecule has 0 atom stereocenters. The molecule has 0 aliphatic rings. The molecular formula is C7H4F2N4O2. The molecular weight excluding hydrogens is 210 g/mol. The first-order valence-corrected chi connectivity index (χ1v) is 3.60. The highest BCUT2D eigenvalue weighted by Gasteiger charge is 2.27. The quantitative estimate of drug-likeness (QED) is 0.591. The second kappa shape index (κ2) is 3.83. The van der Waals surface area contributed by atoms with Crippen LogP contribution in [0.2, 0.25) is 0 Å². The maximum atomic E-state index is 12.4. The highest BCUT2D eigenvalue weighted by molar-refractivity contribution is 5.55. The molecule has 0 spiro atoms. The van der Waals surface area contributed by atoms with E-state index >= 15 is 0 Å². The molecule has 1 heterocycles. The summed E-state index contributed by atoms with van der Waals surface area (Å²) in [7, 11) is 0. The Morgan fingerprint density at radius 3 is 2.67 bits per heavy atom. The number of aromatic nitrogens is 1. The van der Waals surface area contributed by atoms with Crippen molar-refractivity contribution in [3.05, 3.63) is 27.4 Å². The van der Waals surface area contributed by atoms with Gasteiger partial charge in [0.25, 0.3) is 6.43 Å². The fraction of sp³-hybridized carbons (Fsp3) is 0.143. The van der Waals surface area contributed by atoms with Gasteiger partial charge in [-0.25, -0.2) is 13.8 Å². The number of pyridine rings is 1. The van der Waals surface area contributed by atoms with E-state index in [1.54, 1.807) is 0 Å². The van der Waals surface area contributed by atoms with E-state index in [0.29, 0.717) is 6.07 Å². The van der Waals surface area contributed by atoms with Crippen molar-refractivity contribution in [2.24, 2.45) is 0 Å². The lowest BCUT2D eigenvalue weighted by molar-refractivity contribution is -0.386. The molecule has 0 unspecified atom stereocenters. The average molecular weight is 214 g/mol. The second-order valence-corrected chi connectivity index (χ2v) is 2.50. The van der Waals surface area contributed by atoms with E-state index in [4.69, 9.17) is 11.0 Å². The molecule has 6 nitrogen and oxygen atoms in total. The topological polar surface area (TPSA) is 106 Å². The average Bonchev–Trinajstić information content (AvgIpc) is 2.15. The Kier molecular flexibility index (Phi) is 2.75. The van der Waals surface area contributed by atoms with Crippen LogP contribution in [-0.4, -0.2) is 9.91 Å². The summed E-state index contributed by atoms with van der Waals surface area (Å²) < 4.78 is 24.8. The van der Waals surface area contributed by atoms with Crippen molar-refractivity contribution in [3.8, 4) is 6.07 Å². The van der Waals surface area contributed by atoms with Gasteiger partial charge >= 0.3 is 5.69 Å². The highest BCUT2D eigenvalue weighted by Crippen LogP contribution is 2.31. The standard InChI is InChI=1S/C7H4F2N4O2/c8-7(9)3-1-5(11)12-4(2-10)6(3)13(14)15/h1,7H,(H2,11,12). The minimum Gasteiger partial charge on any atom is -0.384 e. The summed E-state index contributed by atoms with van der Waals surface area (Å²) in [5.41, 5.74) is 2.51. The largest absolute Gasteiger partial charge is 0.384 e. The number of alkyl halides is 2. The number of nitrogens with zero attached hydrogens (tertiary/aromatic N) is 3. The van der Waals surface area contributed by atoms with Crippen molar-refractivity contribution < 1.29 is 13.7 Å². The summed E-state index contributed by atoms with van der Waals surface area (Å²) >= 11 is 0. The molecule has 1 aromatic rings. The van der Waals surface area contributed by atoms with Gasteiger partial charge in [-0.15, -0.1) is 0 Å². The second-order valence-electron chi connectivity index (χ2n) is 2.50. The first kappa shape index (κ1) is 10.8. The lowest BCUT2D eigenvalue weighted by Crippen LogP contribution is -2.04. The summed E-state index contributed by atoms with van der Waals surface area (Å²) in [6.45, 7) is 0. The van der Waals surface area contributed by atoms with E-state index < -0.39 is 28.3 Å².